The molecule has 8 nitrogen and oxygen atoms in total. The van der Waals surface area contributed by atoms with Crippen molar-refractivity contribution in [3.63, 3.8) is 0 Å². The number of hydrogen-bond donors (Lipinski definition) is 2. The fraction of sp³-hybridized carbons (Fsp3) is 0.370. The molecule has 2 aliphatic rings. The average Bonchev–Trinajstić information content (AvgIpc) is 3.58. The summed E-state index contributed by atoms with van der Waals surface area (Å²) in [4.78, 5) is 13.7. The van der Waals surface area contributed by atoms with Crippen molar-refractivity contribution in [2.75, 3.05) is 29.3 Å². The van der Waals surface area contributed by atoms with Crippen LogP contribution in [0.2, 0.25) is 0 Å². The molecule has 0 unspecified atom stereocenters. The van der Waals surface area contributed by atoms with E-state index in [1.807, 2.05) is 33.0 Å². The summed E-state index contributed by atoms with van der Waals surface area (Å²) in [6.07, 6.45) is 5.46. The second-order valence-corrected chi connectivity index (χ2v) is 11.8. The van der Waals surface area contributed by atoms with Crippen LogP contribution in [0.5, 0.6) is 0 Å². The van der Waals surface area contributed by atoms with Gasteiger partial charge in [-0.25, -0.2) is 18.4 Å². The van der Waals surface area contributed by atoms with Crippen LogP contribution in [0.1, 0.15) is 40.7 Å². The molecule has 9 heteroatoms. The molecule has 188 valence electrons. The smallest absolute Gasteiger partial charge is 0.263 e. The fourth-order valence-electron chi connectivity index (χ4n) is 5.09. The zero-order valence-electron chi connectivity index (χ0n) is 21.2. The van der Waals surface area contributed by atoms with E-state index in [0.717, 1.165) is 54.0 Å². The molecule has 3 heterocycles. The Morgan fingerprint density at radius 3 is 2.36 bits per heavy atom. The van der Waals surface area contributed by atoms with Crippen LogP contribution in [0.25, 0.3) is 0 Å². The van der Waals surface area contributed by atoms with Crippen molar-refractivity contribution in [3.8, 4) is 0 Å². The Balaban J connectivity index is 1.42. The first kappa shape index (κ1) is 24.2. The molecule has 2 fully saturated rings. The maximum absolute atomic E-state index is 13.1. The van der Waals surface area contributed by atoms with Crippen molar-refractivity contribution in [1.82, 2.24) is 14.9 Å². The van der Waals surface area contributed by atoms with Gasteiger partial charge in [-0.05, 0) is 75.4 Å². The summed E-state index contributed by atoms with van der Waals surface area (Å²) in [7, 11) is -3.84. The van der Waals surface area contributed by atoms with Gasteiger partial charge in [-0.2, -0.15) is 0 Å². The van der Waals surface area contributed by atoms with Gasteiger partial charge >= 0.3 is 0 Å². The molecule has 0 atom stereocenters. The number of amidine groups is 1. The number of piperazine rings is 1. The SMILES string of the molecule is Cc1ccc(S(=O)(=O)Nc2nccc(C)c2C(=N)N2CCN(c3ncc(C)cc3C)CC23CC3)cc1. The molecule has 5 rings (SSSR count). The summed E-state index contributed by atoms with van der Waals surface area (Å²) in [5.41, 5.74) is 4.47. The number of aromatic nitrogens is 2. The van der Waals surface area contributed by atoms with Crippen LogP contribution in [0, 0.1) is 33.1 Å². The molecule has 2 N–H and O–H groups in total. The van der Waals surface area contributed by atoms with E-state index in [4.69, 9.17) is 4.98 Å². The zero-order chi connectivity index (χ0) is 25.7. The monoisotopic (exact) mass is 504 g/mol. The van der Waals surface area contributed by atoms with E-state index in [0.29, 0.717) is 17.9 Å². The van der Waals surface area contributed by atoms with E-state index in [1.165, 1.54) is 0 Å². The van der Waals surface area contributed by atoms with Crippen molar-refractivity contribution in [2.24, 2.45) is 0 Å². The number of nitrogens with one attached hydrogen (secondary N) is 2. The van der Waals surface area contributed by atoms with Crippen LogP contribution in [0.4, 0.5) is 11.6 Å². The van der Waals surface area contributed by atoms with E-state index in [-0.39, 0.29) is 16.3 Å². The summed E-state index contributed by atoms with van der Waals surface area (Å²) in [6, 6.07) is 10.7. The van der Waals surface area contributed by atoms with Gasteiger partial charge < -0.3 is 9.80 Å². The fourth-order valence-corrected chi connectivity index (χ4v) is 6.11. The number of benzene rings is 1. The summed E-state index contributed by atoms with van der Waals surface area (Å²) in [6.45, 7) is 10.1. The first-order valence-electron chi connectivity index (χ1n) is 12.2. The predicted molar refractivity (Wildman–Crippen MR) is 142 cm³/mol. The molecule has 1 saturated carbocycles. The van der Waals surface area contributed by atoms with Gasteiger partial charge in [-0.1, -0.05) is 23.8 Å². The lowest BCUT2D eigenvalue weighted by Gasteiger charge is -2.44. The number of hydrogen-bond acceptors (Lipinski definition) is 6. The van der Waals surface area contributed by atoms with Gasteiger partial charge in [0, 0.05) is 32.0 Å². The number of aryl methyl sites for hydroxylation is 4. The topological polar surface area (TPSA) is 102 Å². The van der Waals surface area contributed by atoms with E-state index < -0.39 is 10.0 Å². The van der Waals surface area contributed by atoms with Crippen LogP contribution >= 0.6 is 0 Å². The molecule has 1 aliphatic carbocycles. The van der Waals surface area contributed by atoms with Gasteiger partial charge in [0.25, 0.3) is 10.0 Å². The normalized spacial score (nSPS) is 16.8. The molecule has 2 aromatic heterocycles. The van der Waals surface area contributed by atoms with Gasteiger partial charge in [-0.3, -0.25) is 10.1 Å². The number of pyridine rings is 2. The molecule has 0 radical (unpaired) electrons. The molecular weight excluding hydrogens is 472 g/mol. The van der Waals surface area contributed by atoms with Crippen molar-refractivity contribution in [3.05, 3.63) is 76.6 Å². The van der Waals surface area contributed by atoms with Crippen LogP contribution in [-0.2, 0) is 10.0 Å². The molecule has 1 spiro atoms. The molecule has 1 aliphatic heterocycles. The van der Waals surface area contributed by atoms with Gasteiger partial charge in [0.1, 0.15) is 11.7 Å². The lowest BCUT2D eigenvalue weighted by Crippen LogP contribution is -2.57. The highest BCUT2D eigenvalue weighted by Gasteiger charge is 2.53. The van der Waals surface area contributed by atoms with Crippen LogP contribution in [0.15, 0.2) is 53.7 Å². The minimum absolute atomic E-state index is 0.149. The van der Waals surface area contributed by atoms with Crippen LogP contribution < -0.4 is 9.62 Å². The highest BCUT2D eigenvalue weighted by Crippen LogP contribution is 2.46. The number of nitrogens with zero attached hydrogens (tertiary/aromatic N) is 4. The summed E-state index contributed by atoms with van der Waals surface area (Å²) >= 11 is 0. The van der Waals surface area contributed by atoms with Crippen LogP contribution in [-0.4, -0.2) is 54.3 Å². The van der Waals surface area contributed by atoms with Crippen molar-refractivity contribution >= 4 is 27.5 Å². The maximum Gasteiger partial charge on any atom is 0.263 e. The van der Waals surface area contributed by atoms with Gasteiger partial charge in [0.15, 0.2) is 5.82 Å². The van der Waals surface area contributed by atoms with E-state index in [1.54, 1.807) is 30.5 Å². The lowest BCUT2D eigenvalue weighted by molar-refractivity contribution is 0.258. The minimum Gasteiger partial charge on any atom is -0.352 e. The summed E-state index contributed by atoms with van der Waals surface area (Å²) in [5.74, 6) is 1.50. The molecular formula is C27H32N6O2S. The lowest BCUT2D eigenvalue weighted by atomic mass is 10.0. The minimum atomic E-state index is -3.84. The van der Waals surface area contributed by atoms with E-state index >= 15 is 0 Å². The molecule has 1 aromatic carbocycles. The molecule has 36 heavy (non-hydrogen) atoms. The van der Waals surface area contributed by atoms with Crippen molar-refractivity contribution in [2.45, 2.75) is 51.0 Å². The molecule has 3 aromatic rings. The zero-order valence-corrected chi connectivity index (χ0v) is 22.0. The largest absolute Gasteiger partial charge is 0.352 e. The average molecular weight is 505 g/mol. The maximum atomic E-state index is 13.1. The second kappa shape index (κ2) is 8.89. The Hall–Kier alpha value is -3.46. The number of sulfonamides is 1. The standard InChI is InChI=1S/C27H32N6O2S/c1-18-5-7-22(8-6-18)36(34,35)31-25-23(20(3)9-12-29-25)24(28)33-14-13-32(17-27(33)10-11-27)26-21(4)15-19(2)16-30-26/h5-9,12,15-16,28H,10-11,13-14,17H2,1-4H3,(H,29,31). The molecule has 0 amide bonds. The predicted octanol–water partition coefficient (Wildman–Crippen LogP) is 4.19. The Labute approximate surface area is 213 Å². The summed E-state index contributed by atoms with van der Waals surface area (Å²) < 4.78 is 28.9. The first-order valence-corrected chi connectivity index (χ1v) is 13.7. The Morgan fingerprint density at radius 1 is 0.972 bits per heavy atom. The van der Waals surface area contributed by atoms with Gasteiger partial charge in [0.2, 0.25) is 0 Å². The molecule has 0 bridgehead atoms. The Kier molecular flexibility index (Phi) is 5.98. The molecule has 1 saturated heterocycles. The third kappa shape index (κ3) is 4.43. The van der Waals surface area contributed by atoms with Crippen molar-refractivity contribution < 1.29 is 8.42 Å². The van der Waals surface area contributed by atoms with E-state index in [2.05, 4.69) is 32.5 Å². The Bertz CT molecular complexity index is 1430. The number of rotatable bonds is 5. The Morgan fingerprint density at radius 2 is 1.69 bits per heavy atom. The van der Waals surface area contributed by atoms with E-state index in [9.17, 15) is 13.8 Å². The van der Waals surface area contributed by atoms with Gasteiger partial charge in [-0.15, -0.1) is 0 Å². The third-order valence-electron chi connectivity index (χ3n) is 7.19. The van der Waals surface area contributed by atoms with Gasteiger partial charge in [0.05, 0.1) is 16.0 Å². The first-order chi connectivity index (χ1) is 17.1. The third-order valence-corrected chi connectivity index (χ3v) is 8.55. The van der Waals surface area contributed by atoms with Crippen molar-refractivity contribution in [1.29, 1.82) is 5.41 Å². The highest BCUT2D eigenvalue weighted by molar-refractivity contribution is 7.92. The highest BCUT2D eigenvalue weighted by atomic mass is 32.2. The quantitative estimate of drug-likeness (QED) is 0.399. The number of anilines is 2. The van der Waals surface area contributed by atoms with Crippen LogP contribution in [0.3, 0.4) is 0 Å². The summed E-state index contributed by atoms with van der Waals surface area (Å²) in [5, 5.41) is 9.20. The second-order valence-electron chi connectivity index (χ2n) is 10.1.